The molecule has 1 unspecified atom stereocenters. The van der Waals surface area contributed by atoms with Crippen molar-refractivity contribution in [1.82, 2.24) is 0 Å². The quantitative estimate of drug-likeness (QED) is 0.527. The van der Waals surface area contributed by atoms with Crippen LogP contribution in [0.15, 0.2) is 44.3 Å². The van der Waals surface area contributed by atoms with E-state index in [2.05, 4.69) is 47.7 Å². The molecule has 1 amide bonds. The molecule has 0 aliphatic heterocycles. The fourth-order valence-corrected chi connectivity index (χ4v) is 8.34. The molecule has 155 valence electrons. The van der Waals surface area contributed by atoms with Crippen LogP contribution in [0.3, 0.4) is 0 Å². The number of hydrogen-bond donors (Lipinski definition) is 1. The van der Waals surface area contributed by atoms with E-state index in [1.165, 1.54) is 12.0 Å². The number of hydrogen-bond acceptors (Lipinski definition) is 1. The summed E-state index contributed by atoms with van der Waals surface area (Å²) < 4.78 is 1.72. The van der Waals surface area contributed by atoms with E-state index in [1.54, 1.807) is 50.8 Å². The van der Waals surface area contributed by atoms with Gasteiger partial charge in [0.1, 0.15) is 0 Å². The Kier molecular flexibility index (Phi) is 14.2. The molecule has 0 spiro atoms. The Morgan fingerprint density at radius 2 is 1.71 bits per heavy atom. The third kappa shape index (κ3) is 6.97. The maximum Gasteiger partial charge on any atom is 0.248 e. The van der Waals surface area contributed by atoms with E-state index >= 15 is 0 Å². The minimum atomic E-state index is -0.624. The van der Waals surface area contributed by atoms with Gasteiger partial charge in [0.25, 0.3) is 0 Å². The molecular weight excluding hydrogens is 484 g/mol. The molecule has 1 atom stereocenters. The minimum Gasteiger partial charge on any atom is -1.00 e. The van der Waals surface area contributed by atoms with Gasteiger partial charge in [0.05, 0.1) is 0 Å². The Labute approximate surface area is 201 Å². The van der Waals surface area contributed by atoms with E-state index in [4.69, 9.17) is 5.73 Å². The predicted octanol–water partition coefficient (Wildman–Crippen LogP) is -0.460. The Bertz CT molecular complexity index is 705. The van der Waals surface area contributed by atoms with Crippen LogP contribution in [0, 0.1) is 0 Å². The first kappa shape index (κ1) is 30.0. The SMILES string of the molecule is CC1=C(C)C(C)([SiH](C)C)[C]([Zr+2])=C1C.CCCCc1cccc(C(N)=O)c1.[Cl-].[Cl-]. The first-order valence-electron chi connectivity index (χ1n) is 9.57. The van der Waals surface area contributed by atoms with Crippen molar-refractivity contribution >= 4 is 14.7 Å². The number of amides is 1. The summed E-state index contributed by atoms with van der Waals surface area (Å²) in [5.74, 6) is -0.349. The number of aryl methyl sites for hydroxylation is 1. The molecule has 1 aromatic carbocycles. The van der Waals surface area contributed by atoms with Crippen LogP contribution >= 0.6 is 0 Å². The van der Waals surface area contributed by atoms with Crippen LogP contribution in [-0.2, 0) is 31.1 Å². The summed E-state index contributed by atoms with van der Waals surface area (Å²) in [7, 11) is -0.624. The molecule has 1 aromatic rings. The first-order valence-corrected chi connectivity index (χ1v) is 13.7. The van der Waals surface area contributed by atoms with Gasteiger partial charge in [-0.3, -0.25) is 4.79 Å². The molecule has 2 nitrogen and oxygen atoms in total. The maximum absolute atomic E-state index is 10.8. The molecule has 28 heavy (non-hydrogen) atoms. The summed E-state index contributed by atoms with van der Waals surface area (Å²) in [6.45, 7) is 16.5. The van der Waals surface area contributed by atoms with Crippen LogP contribution in [0.2, 0.25) is 18.1 Å². The van der Waals surface area contributed by atoms with E-state index in [9.17, 15) is 4.79 Å². The number of nitrogens with two attached hydrogens (primary N) is 1. The number of allylic oxidation sites excluding steroid dienone is 4. The zero-order valence-electron chi connectivity index (χ0n) is 18.2. The van der Waals surface area contributed by atoms with Gasteiger partial charge in [-0.05, 0) is 30.5 Å². The summed E-state index contributed by atoms with van der Waals surface area (Å²) in [5, 5.41) is 0.493. The van der Waals surface area contributed by atoms with Gasteiger partial charge in [0.2, 0.25) is 5.91 Å². The molecular formula is C22H34Cl2NOSiZr. The number of carbonyl (C=O) groups is 1. The molecule has 0 saturated heterocycles. The van der Waals surface area contributed by atoms with Gasteiger partial charge in [-0.2, -0.15) is 0 Å². The number of benzene rings is 1. The third-order valence-corrected chi connectivity index (χ3v) is 11.9. The predicted molar refractivity (Wildman–Crippen MR) is 112 cm³/mol. The Morgan fingerprint density at radius 3 is 2.07 bits per heavy atom. The molecule has 0 aromatic heterocycles. The molecule has 0 bridgehead atoms. The Balaban J connectivity index is 0. The van der Waals surface area contributed by atoms with Crippen molar-refractivity contribution in [3.05, 3.63) is 55.4 Å². The summed E-state index contributed by atoms with van der Waals surface area (Å²) in [6, 6.07) is 7.53. The van der Waals surface area contributed by atoms with Crippen molar-refractivity contribution < 1.29 is 54.3 Å². The van der Waals surface area contributed by atoms with Crippen LogP contribution in [0.25, 0.3) is 0 Å². The number of halogens is 2. The second kappa shape index (κ2) is 13.2. The summed E-state index contributed by atoms with van der Waals surface area (Å²) in [5.41, 5.74) is 11.8. The van der Waals surface area contributed by atoms with Gasteiger partial charge in [-0.15, -0.1) is 0 Å². The van der Waals surface area contributed by atoms with Crippen molar-refractivity contribution in [2.24, 2.45) is 5.73 Å². The first-order chi connectivity index (χ1) is 12.1. The van der Waals surface area contributed by atoms with Crippen LogP contribution in [0.5, 0.6) is 0 Å². The van der Waals surface area contributed by atoms with Gasteiger partial charge in [0.15, 0.2) is 0 Å². The van der Waals surface area contributed by atoms with Crippen LogP contribution < -0.4 is 30.5 Å². The Hall–Kier alpha value is -0.150. The number of carbonyl (C=O) groups excluding carboxylic acids is 1. The summed E-state index contributed by atoms with van der Waals surface area (Å²) >= 11 is 1.62. The smallest absolute Gasteiger partial charge is 0.248 e. The van der Waals surface area contributed by atoms with E-state index in [0.29, 0.717) is 10.6 Å². The van der Waals surface area contributed by atoms with Gasteiger partial charge >= 0.3 is 99.3 Å². The summed E-state index contributed by atoms with van der Waals surface area (Å²) in [4.78, 5) is 10.8. The monoisotopic (exact) mass is 516 g/mol. The van der Waals surface area contributed by atoms with Crippen LogP contribution in [0.4, 0.5) is 0 Å². The second-order valence-corrected chi connectivity index (χ2v) is 12.5. The average molecular weight is 519 g/mol. The molecule has 0 heterocycles. The maximum atomic E-state index is 10.8. The molecule has 0 saturated carbocycles. The standard InChI is InChI=1S/C11H15NO.C11H19Si.2ClH.Zr/c1-2-3-5-9-6-4-7-10(8-9)11(12)13;1-8-7-11(4,12(5)6)10(3)9(8)2;;;/h4,6-8H,2-3,5H2,1H3,(H2,12,13);12H,1-6H3;2*1H;/q;;;;+2/p-2. The minimum absolute atomic E-state index is 0. The molecule has 6 heteroatoms. The van der Waals surface area contributed by atoms with Crippen LogP contribution in [0.1, 0.15) is 63.4 Å². The number of primary amides is 1. The molecule has 2 rings (SSSR count). The number of rotatable bonds is 5. The van der Waals surface area contributed by atoms with Gasteiger partial charge < -0.3 is 30.5 Å². The molecule has 2 N–H and O–H groups in total. The zero-order chi connectivity index (χ0) is 20.1. The van der Waals surface area contributed by atoms with Crippen LogP contribution in [-0.4, -0.2) is 14.7 Å². The van der Waals surface area contributed by atoms with E-state index in [1.807, 2.05) is 18.2 Å². The molecule has 1 aliphatic carbocycles. The van der Waals surface area contributed by atoms with Gasteiger partial charge in [-0.1, -0.05) is 25.5 Å². The van der Waals surface area contributed by atoms with E-state index in [-0.39, 0.29) is 30.7 Å². The van der Waals surface area contributed by atoms with Crippen molar-refractivity contribution in [3.8, 4) is 0 Å². The van der Waals surface area contributed by atoms with Gasteiger partial charge in [0, 0.05) is 5.56 Å². The normalized spacial score (nSPS) is 18.4. The largest absolute Gasteiger partial charge is 1.00 e. The van der Waals surface area contributed by atoms with Crippen molar-refractivity contribution in [2.75, 3.05) is 0 Å². The average Bonchev–Trinajstić information content (AvgIpc) is 2.77. The molecule has 0 radical (unpaired) electrons. The second-order valence-electron chi connectivity index (χ2n) is 7.78. The Morgan fingerprint density at radius 1 is 1.14 bits per heavy atom. The van der Waals surface area contributed by atoms with Crippen molar-refractivity contribution in [3.63, 3.8) is 0 Å². The number of unbranched alkanes of at least 4 members (excludes halogenated alkanes) is 1. The van der Waals surface area contributed by atoms with E-state index in [0.717, 1.165) is 12.8 Å². The fraction of sp³-hybridized carbons (Fsp3) is 0.500. The van der Waals surface area contributed by atoms with Gasteiger partial charge in [-0.25, -0.2) is 0 Å². The fourth-order valence-electron chi connectivity index (χ4n) is 3.42. The van der Waals surface area contributed by atoms with Crippen molar-refractivity contribution in [2.45, 2.75) is 72.0 Å². The molecule has 0 fully saturated rings. The van der Waals surface area contributed by atoms with E-state index < -0.39 is 8.80 Å². The topological polar surface area (TPSA) is 43.1 Å². The zero-order valence-corrected chi connectivity index (χ0v) is 23.4. The summed E-state index contributed by atoms with van der Waals surface area (Å²) in [6.07, 6.45) is 3.35. The third-order valence-electron chi connectivity index (χ3n) is 5.98. The molecule has 1 aliphatic rings. The van der Waals surface area contributed by atoms with Crippen molar-refractivity contribution in [1.29, 1.82) is 0 Å².